The number of hydrogen-bond donors (Lipinski definition) is 3. The molecular formula is C26H26FN3O6. The number of anilines is 1. The Labute approximate surface area is 207 Å². The summed E-state index contributed by atoms with van der Waals surface area (Å²) in [4.78, 5) is 37.1. The average molecular weight is 496 g/mol. The fourth-order valence-electron chi connectivity index (χ4n) is 3.28. The Kier molecular flexibility index (Phi) is 8.82. The Morgan fingerprint density at radius 2 is 1.14 bits per heavy atom. The number of carbonyl (C=O) groups is 3. The van der Waals surface area contributed by atoms with Crippen LogP contribution in [0.25, 0.3) is 0 Å². The normalized spacial score (nSPS) is 10.2. The van der Waals surface area contributed by atoms with Gasteiger partial charge < -0.3 is 30.2 Å². The van der Waals surface area contributed by atoms with E-state index >= 15 is 0 Å². The summed E-state index contributed by atoms with van der Waals surface area (Å²) in [5.41, 5.74) is 1.49. The van der Waals surface area contributed by atoms with Crippen LogP contribution < -0.4 is 30.2 Å². The fraction of sp³-hybridized carbons (Fsp3) is 0.192. The van der Waals surface area contributed by atoms with Gasteiger partial charge in [0, 0.05) is 35.5 Å². The van der Waals surface area contributed by atoms with Crippen molar-refractivity contribution < 1.29 is 33.0 Å². The van der Waals surface area contributed by atoms with E-state index in [0.29, 0.717) is 39.6 Å². The number of carbonyl (C=O) groups excluding carboxylic acids is 3. The van der Waals surface area contributed by atoms with Gasteiger partial charge in [0.05, 0.1) is 21.3 Å². The van der Waals surface area contributed by atoms with E-state index in [1.807, 2.05) is 0 Å². The molecule has 188 valence electrons. The molecule has 0 heterocycles. The summed E-state index contributed by atoms with van der Waals surface area (Å²) in [6, 6.07) is 14.5. The van der Waals surface area contributed by atoms with Gasteiger partial charge in [-0.25, -0.2) is 4.39 Å². The molecule has 36 heavy (non-hydrogen) atoms. The first-order valence-electron chi connectivity index (χ1n) is 10.9. The van der Waals surface area contributed by atoms with Crippen LogP contribution in [0.15, 0.2) is 60.7 Å². The highest BCUT2D eigenvalue weighted by Crippen LogP contribution is 2.38. The molecule has 0 bridgehead atoms. The van der Waals surface area contributed by atoms with Crippen LogP contribution in [0.5, 0.6) is 17.2 Å². The van der Waals surface area contributed by atoms with Crippen LogP contribution in [-0.2, 0) is 0 Å². The monoisotopic (exact) mass is 495 g/mol. The number of rotatable bonds is 10. The number of nitrogens with one attached hydrogen (secondary N) is 3. The number of ether oxygens (including phenoxy) is 3. The second-order valence-electron chi connectivity index (χ2n) is 7.46. The molecule has 10 heteroatoms. The summed E-state index contributed by atoms with van der Waals surface area (Å²) in [5, 5.41) is 8.11. The lowest BCUT2D eigenvalue weighted by molar-refractivity contribution is 0.0927. The highest BCUT2D eigenvalue weighted by molar-refractivity contribution is 6.04. The van der Waals surface area contributed by atoms with Gasteiger partial charge >= 0.3 is 0 Å². The van der Waals surface area contributed by atoms with E-state index in [1.165, 1.54) is 57.7 Å². The summed E-state index contributed by atoms with van der Waals surface area (Å²) in [5.74, 6) is -0.444. The van der Waals surface area contributed by atoms with Crippen LogP contribution in [0.4, 0.5) is 10.1 Å². The molecule has 0 aromatic heterocycles. The highest BCUT2D eigenvalue weighted by Gasteiger charge is 2.17. The standard InChI is InChI=1S/C26H26FN3O6/c1-34-21-14-18(15-22(35-2)23(21)36-3)25(32)29-13-12-28-24(31)16-6-10-20(11-7-16)30-26(33)17-4-8-19(27)9-5-17/h4-11,14-15H,12-13H2,1-3H3,(H,28,31)(H,29,32)(H,30,33). The molecule has 0 unspecified atom stereocenters. The lowest BCUT2D eigenvalue weighted by atomic mass is 10.1. The Bertz CT molecular complexity index is 1200. The summed E-state index contributed by atoms with van der Waals surface area (Å²) in [6.45, 7) is 0.380. The van der Waals surface area contributed by atoms with Gasteiger partial charge in [0.2, 0.25) is 5.75 Å². The van der Waals surface area contributed by atoms with Crippen LogP contribution in [0.1, 0.15) is 31.1 Å². The molecule has 0 atom stereocenters. The molecule has 0 saturated carbocycles. The first-order chi connectivity index (χ1) is 17.4. The molecule has 0 radical (unpaired) electrons. The maximum atomic E-state index is 13.0. The minimum absolute atomic E-state index is 0.188. The molecule has 0 saturated heterocycles. The van der Waals surface area contributed by atoms with Crippen molar-refractivity contribution >= 4 is 23.4 Å². The number of hydrogen-bond acceptors (Lipinski definition) is 6. The Balaban J connectivity index is 1.49. The van der Waals surface area contributed by atoms with E-state index in [2.05, 4.69) is 16.0 Å². The molecule has 3 aromatic carbocycles. The zero-order valence-electron chi connectivity index (χ0n) is 20.0. The van der Waals surface area contributed by atoms with Gasteiger partial charge in [-0.05, 0) is 60.7 Å². The van der Waals surface area contributed by atoms with Gasteiger partial charge in [-0.15, -0.1) is 0 Å². The van der Waals surface area contributed by atoms with Gasteiger partial charge in [-0.1, -0.05) is 0 Å². The van der Waals surface area contributed by atoms with Crippen LogP contribution in [0.3, 0.4) is 0 Å². The summed E-state index contributed by atoms with van der Waals surface area (Å²) in [7, 11) is 4.39. The van der Waals surface area contributed by atoms with Crippen molar-refractivity contribution in [3.63, 3.8) is 0 Å². The van der Waals surface area contributed by atoms with Crippen LogP contribution in [-0.4, -0.2) is 52.1 Å². The minimum Gasteiger partial charge on any atom is -0.493 e. The van der Waals surface area contributed by atoms with Crippen LogP contribution >= 0.6 is 0 Å². The molecule has 3 amide bonds. The SMILES string of the molecule is COc1cc(C(=O)NCCNC(=O)c2ccc(NC(=O)c3ccc(F)cc3)cc2)cc(OC)c1OC. The fourth-order valence-corrected chi connectivity index (χ4v) is 3.28. The molecule has 3 rings (SSSR count). The number of benzene rings is 3. The molecule has 0 aliphatic heterocycles. The van der Waals surface area contributed by atoms with Crippen molar-refractivity contribution in [2.75, 3.05) is 39.7 Å². The smallest absolute Gasteiger partial charge is 0.255 e. The van der Waals surface area contributed by atoms with Crippen molar-refractivity contribution in [1.82, 2.24) is 10.6 Å². The lowest BCUT2D eigenvalue weighted by Gasteiger charge is -2.14. The zero-order chi connectivity index (χ0) is 26.1. The highest BCUT2D eigenvalue weighted by atomic mass is 19.1. The van der Waals surface area contributed by atoms with Crippen molar-refractivity contribution in [1.29, 1.82) is 0 Å². The van der Waals surface area contributed by atoms with Crippen LogP contribution in [0.2, 0.25) is 0 Å². The molecule has 0 fully saturated rings. The van der Waals surface area contributed by atoms with Gasteiger partial charge in [0.25, 0.3) is 17.7 Å². The van der Waals surface area contributed by atoms with Gasteiger partial charge in [-0.2, -0.15) is 0 Å². The third kappa shape index (κ3) is 6.50. The number of methoxy groups -OCH3 is 3. The third-order valence-corrected chi connectivity index (χ3v) is 5.13. The van der Waals surface area contributed by atoms with Gasteiger partial charge in [-0.3, -0.25) is 14.4 Å². The van der Waals surface area contributed by atoms with Crippen molar-refractivity contribution in [3.8, 4) is 17.2 Å². The third-order valence-electron chi connectivity index (χ3n) is 5.13. The largest absolute Gasteiger partial charge is 0.493 e. The number of halogens is 1. The average Bonchev–Trinajstić information content (AvgIpc) is 2.90. The van der Waals surface area contributed by atoms with Crippen molar-refractivity contribution in [3.05, 3.63) is 83.2 Å². The van der Waals surface area contributed by atoms with E-state index in [1.54, 1.807) is 24.3 Å². The van der Waals surface area contributed by atoms with Gasteiger partial charge in [0.1, 0.15) is 5.82 Å². The maximum Gasteiger partial charge on any atom is 0.255 e. The molecule has 0 spiro atoms. The zero-order valence-corrected chi connectivity index (χ0v) is 20.0. The van der Waals surface area contributed by atoms with E-state index in [-0.39, 0.29) is 24.9 Å². The maximum absolute atomic E-state index is 13.0. The quantitative estimate of drug-likeness (QED) is 0.372. The minimum atomic E-state index is -0.428. The lowest BCUT2D eigenvalue weighted by Crippen LogP contribution is -2.34. The molecule has 0 aliphatic rings. The predicted molar refractivity (Wildman–Crippen MR) is 132 cm³/mol. The van der Waals surface area contributed by atoms with Gasteiger partial charge in [0.15, 0.2) is 11.5 Å². The molecule has 3 N–H and O–H groups in total. The summed E-state index contributed by atoms with van der Waals surface area (Å²) >= 11 is 0. The molecular weight excluding hydrogens is 469 g/mol. The second-order valence-corrected chi connectivity index (χ2v) is 7.46. The topological polar surface area (TPSA) is 115 Å². The van der Waals surface area contributed by atoms with E-state index in [9.17, 15) is 18.8 Å². The van der Waals surface area contributed by atoms with Crippen molar-refractivity contribution in [2.45, 2.75) is 0 Å². The Hall–Kier alpha value is -4.60. The summed E-state index contributed by atoms with van der Waals surface area (Å²) < 4.78 is 28.8. The Morgan fingerprint density at radius 3 is 1.64 bits per heavy atom. The van der Waals surface area contributed by atoms with Crippen LogP contribution in [0, 0.1) is 5.82 Å². The molecule has 0 aliphatic carbocycles. The van der Waals surface area contributed by atoms with Crippen molar-refractivity contribution in [2.24, 2.45) is 0 Å². The van der Waals surface area contributed by atoms with E-state index < -0.39 is 11.7 Å². The van der Waals surface area contributed by atoms with E-state index in [4.69, 9.17) is 14.2 Å². The second kappa shape index (κ2) is 12.2. The number of amides is 3. The molecule has 3 aromatic rings. The Morgan fingerprint density at radius 1 is 0.667 bits per heavy atom. The first kappa shape index (κ1) is 26.0. The molecule has 9 nitrogen and oxygen atoms in total. The first-order valence-corrected chi connectivity index (χ1v) is 10.9. The summed E-state index contributed by atoms with van der Waals surface area (Å²) in [6.07, 6.45) is 0. The predicted octanol–water partition coefficient (Wildman–Crippen LogP) is 3.26. The van der Waals surface area contributed by atoms with E-state index in [0.717, 1.165) is 0 Å².